The summed E-state index contributed by atoms with van der Waals surface area (Å²) in [7, 11) is 0. The van der Waals surface area contributed by atoms with E-state index in [1.54, 1.807) is 36.4 Å². The standard InChI is InChI=1S/C33H51NO19/c1-2-3-9-17(38)16(34-33(46)48-13-15-7-5-4-6-8-15)14-47-30-26(44)23(41)28(19(11-36)50-30)53-32-27(45)24(42)29(20(12-37)51-32)52-31-25(43)22(40)21(39)18(10-35)49-31/h3-9,16-32,35-45H,2,10-14H2,1H3,(H,34,46)/b9-3+/t16-,17+,18?,19?,20?,21-,22-,23+,24+,25-,26-,27-,28+,29-,30?,31?,32?/m0/s1. The van der Waals surface area contributed by atoms with E-state index >= 15 is 0 Å². The molecule has 17 atom stereocenters. The van der Waals surface area contributed by atoms with Gasteiger partial charge < -0.3 is 94.6 Å². The number of benzene rings is 1. The van der Waals surface area contributed by atoms with E-state index in [0.29, 0.717) is 6.42 Å². The number of aliphatic hydroxyl groups excluding tert-OH is 11. The molecule has 3 aliphatic rings. The Kier molecular flexibility index (Phi) is 16.7. The summed E-state index contributed by atoms with van der Waals surface area (Å²) >= 11 is 0. The van der Waals surface area contributed by atoms with E-state index in [2.05, 4.69) is 5.32 Å². The van der Waals surface area contributed by atoms with Crippen molar-refractivity contribution in [3.63, 3.8) is 0 Å². The van der Waals surface area contributed by atoms with E-state index < -0.39 is 137 Å². The van der Waals surface area contributed by atoms with E-state index in [-0.39, 0.29) is 6.61 Å². The molecule has 0 aliphatic carbocycles. The normalized spacial score (nSPS) is 39.1. The summed E-state index contributed by atoms with van der Waals surface area (Å²) in [5.41, 5.74) is 0.718. The molecule has 1 aromatic carbocycles. The van der Waals surface area contributed by atoms with E-state index in [1.807, 2.05) is 6.92 Å². The van der Waals surface area contributed by atoms with Gasteiger partial charge in [-0.05, 0) is 12.0 Å². The highest BCUT2D eigenvalue weighted by molar-refractivity contribution is 5.67. The largest absolute Gasteiger partial charge is 0.445 e. The number of allylic oxidation sites excluding steroid dienone is 1. The molecule has 0 bridgehead atoms. The summed E-state index contributed by atoms with van der Waals surface area (Å²) in [4.78, 5) is 12.6. The lowest BCUT2D eigenvalue weighted by Gasteiger charge is -2.48. The maximum absolute atomic E-state index is 12.6. The average Bonchev–Trinajstić information content (AvgIpc) is 3.16. The Labute approximate surface area is 304 Å². The van der Waals surface area contributed by atoms with Gasteiger partial charge in [-0.15, -0.1) is 0 Å². The molecule has 12 N–H and O–H groups in total. The van der Waals surface area contributed by atoms with Crippen molar-refractivity contribution in [1.82, 2.24) is 5.32 Å². The molecule has 0 radical (unpaired) electrons. The van der Waals surface area contributed by atoms with Crippen molar-refractivity contribution in [3.8, 4) is 0 Å². The fourth-order valence-corrected chi connectivity index (χ4v) is 5.93. The number of nitrogens with one attached hydrogen (secondary N) is 1. The zero-order valence-corrected chi connectivity index (χ0v) is 28.8. The predicted molar refractivity (Wildman–Crippen MR) is 174 cm³/mol. The van der Waals surface area contributed by atoms with Crippen molar-refractivity contribution < 1.29 is 94.1 Å². The molecular weight excluding hydrogens is 714 g/mol. The lowest BCUT2D eigenvalue weighted by atomic mass is 9.96. The fraction of sp³-hybridized carbons (Fsp3) is 0.727. The van der Waals surface area contributed by atoms with Crippen molar-refractivity contribution in [2.24, 2.45) is 0 Å². The summed E-state index contributed by atoms with van der Waals surface area (Å²) in [6.07, 6.45) is -24.4. The number of hydrogen-bond donors (Lipinski definition) is 12. The van der Waals surface area contributed by atoms with E-state index in [1.165, 1.54) is 6.08 Å². The van der Waals surface area contributed by atoms with Gasteiger partial charge in [-0.3, -0.25) is 0 Å². The minimum absolute atomic E-state index is 0.0568. The Bertz CT molecular complexity index is 1260. The molecule has 6 unspecified atom stereocenters. The minimum atomic E-state index is -1.99. The van der Waals surface area contributed by atoms with Gasteiger partial charge in [0.25, 0.3) is 0 Å². The Morgan fingerprint density at radius 1 is 0.736 bits per heavy atom. The molecule has 1 aromatic rings. The topological polar surface area (TPSA) is 316 Å². The van der Waals surface area contributed by atoms with Crippen molar-refractivity contribution >= 4 is 6.09 Å². The molecule has 0 aromatic heterocycles. The van der Waals surface area contributed by atoms with Crippen LogP contribution in [0, 0.1) is 0 Å². The molecule has 3 fully saturated rings. The fourth-order valence-electron chi connectivity index (χ4n) is 5.93. The molecule has 1 amide bonds. The van der Waals surface area contributed by atoms with Crippen LogP contribution in [0.2, 0.25) is 0 Å². The monoisotopic (exact) mass is 765 g/mol. The molecule has 0 saturated carbocycles. The van der Waals surface area contributed by atoms with Crippen molar-refractivity contribution in [3.05, 3.63) is 48.0 Å². The van der Waals surface area contributed by atoms with Crippen LogP contribution in [-0.4, -0.2) is 193 Å². The minimum Gasteiger partial charge on any atom is -0.445 e. The van der Waals surface area contributed by atoms with Gasteiger partial charge in [-0.25, -0.2) is 4.79 Å². The predicted octanol–water partition coefficient (Wildman–Crippen LogP) is -4.93. The van der Waals surface area contributed by atoms with Crippen LogP contribution in [0.1, 0.15) is 18.9 Å². The summed E-state index contributed by atoms with van der Waals surface area (Å²) in [6, 6.07) is 7.72. The lowest BCUT2D eigenvalue weighted by molar-refractivity contribution is -0.379. The van der Waals surface area contributed by atoms with Crippen LogP contribution in [0.3, 0.4) is 0 Å². The van der Waals surface area contributed by atoms with E-state index in [0.717, 1.165) is 5.56 Å². The van der Waals surface area contributed by atoms with Gasteiger partial charge >= 0.3 is 6.09 Å². The first-order valence-electron chi connectivity index (χ1n) is 17.1. The Morgan fingerprint density at radius 2 is 1.25 bits per heavy atom. The van der Waals surface area contributed by atoms with E-state index in [4.69, 9.17) is 33.2 Å². The van der Waals surface area contributed by atoms with Crippen LogP contribution in [0.4, 0.5) is 4.79 Å². The van der Waals surface area contributed by atoms with Gasteiger partial charge in [-0.2, -0.15) is 0 Å². The van der Waals surface area contributed by atoms with Gasteiger partial charge in [0.2, 0.25) is 0 Å². The molecule has 4 rings (SSSR count). The van der Waals surface area contributed by atoms with Crippen LogP contribution in [0.5, 0.6) is 0 Å². The molecule has 0 spiro atoms. The van der Waals surface area contributed by atoms with Gasteiger partial charge in [0, 0.05) is 0 Å². The van der Waals surface area contributed by atoms with Crippen LogP contribution >= 0.6 is 0 Å². The van der Waals surface area contributed by atoms with Crippen LogP contribution in [0.25, 0.3) is 0 Å². The highest BCUT2D eigenvalue weighted by atomic mass is 16.8. The Hall–Kier alpha value is -2.45. The van der Waals surface area contributed by atoms with Gasteiger partial charge in [0.1, 0.15) is 79.9 Å². The molecule has 53 heavy (non-hydrogen) atoms. The first-order chi connectivity index (χ1) is 25.3. The number of carbonyl (C=O) groups is 1. The maximum atomic E-state index is 12.6. The summed E-state index contributed by atoms with van der Waals surface area (Å²) in [5.74, 6) is 0. The number of amides is 1. The van der Waals surface area contributed by atoms with Crippen molar-refractivity contribution in [2.75, 3.05) is 26.4 Å². The quantitative estimate of drug-likeness (QED) is 0.0702. The lowest BCUT2D eigenvalue weighted by Crippen LogP contribution is -2.66. The third-order valence-electron chi connectivity index (χ3n) is 9.01. The molecular formula is C33H51NO19. The average molecular weight is 766 g/mol. The van der Waals surface area contributed by atoms with Crippen molar-refractivity contribution in [2.45, 2.75) is 124 Å². The second-order valence-corrected chi connectivity index (χ2v) is 12.8. The van der Waals surface area contributed by atoms with Gasteiger partial charge in [0.15, 0.2) is 18.9 Å². The SMILES string of the molecule is CC/C=C/[C@@H](O)[C@H](COC1OC(CO)[C@@H](OC2OC(CO)[C@H](OC3OC(CO)[C@H](O)[C@H](O)[C@@H]3O)[C@H](O)[C@@H]2O)[C@H](O)[C@@H]1O)NC(=O)OCc1ccccc1. The third kappa shape index (κ3) is 10.9. The second kappa shape index (κ2) is 20.5. The summed E-state index contributed by atoms with van der Waals surface area (Å²) < 4.78 is 38.6. The second-order valence-electron chi connectivity index (χ2n) is 12.8. The number of aliphatic hydroxyl groups is 11. The molecule has 3 aliphatic heterocycles. The highest BCUT2D eigenvalue weighted by Gasteiger charge is 2.53. The number of carbonyl (C=O) groups excluding carboxylic acids is 1. The summed E-state index contributed by atoms with van der Waals surface area (Å²) in [5, 5.41) is 117. The number of ether oxygens (including phenoxy) is 7. The zero-order chi connectivity index (χ0) is 38.8. The smallest absolute Gasteiger partial charge is 0.407 e. The number of hydrogen-bond acceptors (Lipinski definition) is 19. The first kappa shape index (κ1) is 43.3. The maximum Gasteiger partial charge on any atom is 0.407 e. The van der Waals surface area contributed by atoms with Gasteiger partial charge in [-0.1, -0.05) is 49.4 Å². The third-order valence-corrected chi connectivity index (χ3v) is 9.01. The molecule has 302 valence electrons. The highest BCUT2D eigenvalue weighted by Crippen LogP contribution is 2.32. The van der Waals surface area contributed by atoms with Crippen LogP contribution < -0.4 is 5.32 Å². The summed E-state index contributed by atoms with van der Waals surface area (Å²) in [6.45, 7) is -1.17. The van der Waals surface area contributed by atoms with Crippen molar-refractivity contribution in [1.29, 1.82) is 0 Å². The van der Waals surface area contributed by atoms with Crippen LogP contribution in [-0.2, 0) is 39.8 Å². The van der Waals surface area contributed by atoms with Gasteiger partial charge in [0.05, 0.1) is 38.6 Å². The number of rotatable bonds is 16. The molecule has 3 heterocycles. The Balaban J connectivity index is 1.38. The van der Waals surface area contributed by atoms with Crippen LogP contribution in [0.15, 0.2) is 42.5 Å². The van der Waals surface area contributed by atoms with E-state index in [9.17, 15) is 61.0 Å². The number of alkyl carbamates (subject to hydrolysis) is 1. The molecule has 3 saturated heterocycles. The first-order valence-corrected chi connectivity index (χ1v) is 17.1. The molecule has 20 heteroatoms. The Morgan fingerprint density at radius 3 is 1.79 bits per heavy atom. The molecule has 20 nitrogen and oxygen atoms in total. The zero-order valence-electron chi connectivity index (χ0n) is 28.8.